The molecular weight excluding hydrogens is 392 g/mol. The van der Waals surface area contributed by atoms with Crippen LogP contribution in [0.25, 0.3) is 0 Å². The average Bonchev–Trinajstić information content (AvgIpc) is 3.12. The Morgan fingerprint density at radius 2 is 1.62 bits per heavy atom. The molecule has 0 amide bonds. The summed E-state index contributed by atoms with van der Waals surface area (Å²) in [6.07, 6.45) is 11.9. The first-order valence-electron chi connectivity index (χ1n) is 13.7. The summed E-state index contributed by atoms with van der Waals surface area (Å²) < 4.78 is 0. The van der Waals surface area contributed by atoms with Crippen LogP contribution < -0.4 is 0 Å². The van der Waals surface area contributed by atoms with E-state index in [9.17, 15) is 9.90 Å². The van der Waals surface area contributed by atoms with Crippen LogP contribution in [-0.4, -0.2) is 17.5 Å². The highest BCUT2D eigenvalue weighted by atomic mass is 16.3. The van der Waals surface area contributed by atoms with E-state index in [1.807, 2.05) is 0 Å². The van der Waals surface area contributed by atoms with Crippen molar-refractivity contribution in [1.29, 1.82) is 0 Å². The third-order valence-electron chi connectivity index (χ3n) is 13.3. The number of hydrogen-bond donors (Lipinski definition) is 1. The molecule has 0 aromatic heterocycles. The molecule has 0 radical (unpaired) electrons. The molecule has 2 heteroatoms. The number of fused-ring (bicyclic) bond motifs is 7. The summed E-state index contributed by atoms with van der Waals surface area (Å²) in [6.45, 7) is 19.4. The van der Waals surface area contributed by atoms with Gasteiger partial charge >= 0.3 is 0 Å². The van der Waals surface area contributed by atoms with Crippen LogP contribution in [0.3, 0.4) is 0 Å². The first-order valence-corrected chi connectivity index (χ1v) is 13.7. The smallest absolute Gasteiger partial charge is 0.138 e. The average molecular weight is 441 g/mol. The van der Waals surface area contributed by atoms with E-state index >= 15 is 0 Å². The maximum atomic E-state index is 12.9. The van der Waals surface area contributed by atoms with Gasteiger partial charge in [-0.05, 0) is 116 Å². The van der Waals surface area contributed by atoms with Crippen LogP contribution in [-0.2, 0) is 4.79 Å². The van der Waals surface area contributed by atoms with Crippen molar-refractivity contribution in [3.63, 3.8) is 0 Å². The number of carbonyl (C=O) groups excluding carboxylic acids is 1. The molecule has 180 valence electrons. The van der Waals surface area contributed by atoms with E-state index in [2.05, 4.69) is 48.1 Å². The van der Waals surface area contributed by atoms with Gasteiger partial charge in [-0.1, -0.05) is 46.8 Å². The van der Waals surface area contributed by atoms with Crippen LogP contribution in [0.1, 0.15) is 106 Å². The Bertz CT molecular complexity index is 827. The standard InChI is InChI=1S/C30H48O2/c1-19(2)20-10-15-30(18-31)17-16-28(6)21(25(20)30)8-9-23-27(5)13-12-24(32)26(3,4)22(27)11-14-29(23,28)7/h20-23,25,31H,1,8-18H2,2-7H3/t20-,21+,22-,23+,25+,27-,28+,29+,30+/m0/s1. The lowest BCUT2D eigenvalue weighted by atomic mass is 9.32. The van der Waals surface area contributed by atoms with Gasteiger partial charge in [0, 0.05) is 18.4 Å². The maximum absolute atomic E-state index is 12.9. The minimum atomic E-state index is -0.165. The van der Waals surface area contributed by atoms with Gasteiger partial charge in [-0.15, -0.1) is 0 Å². The van der Waals surface area contributed by atoms with Crippen molar-refractivity contribution >= 4 is 5.78 Å². The van der Waals surface area contributed by atoms with Gasteiger partial charge < -0.3 is 5.11 Å². The highest BCUT2D eigenvalue weighted by molar-refractivity contribution is 5.85. The van der Waals surface area contributed by atoms with Crippen molar-refractivity contribution < 1.29 is 9.90 Å². The Morgan fingerprint density at radius 3 is 2.28 bits per heavy atom. The molecule has 0 aliphatic heterocycles. The summed E-state index contributed by atoms with van der Waals surface area (Å²) in [5.74, 6) is 3.65. The van der Waals surface area contributed by atoms with Gasteiger partial charge in [0.25, 0.3) is 0 Å². The van der Waals surface area contributed by atoms with Gasteiger partial charge in [-0.25, -0.2) is 0 Å². The normalized spacial score (nSPS) is 54.2. The van der Waals surface area contributed by atoms with Crippen LogP contribution >= 0.6 is 0 Å². The SMILES string of the molecule is C=C(C)[C@@H]1CC[C@]2(CO)CC[C@]3(C)[C@H](CC[C@@H]4[C@@]5(C)CCC(=O)C(C)(C)[C@@H]5CC[C@]43C)[C@@H]12. The summed E-state index contributed by atoms with van der Waals surface area (Å²) in [7, 11) is 0. The molecule has 0 spiro atoms. The molecule has 32 heavy (non-hydrogen) atoms. The van der Waals surface area contributed by atoms with Crippen molar-refractivity contribution in [2.45, 2.75) is 106 Å². The van der Waals surface area contributed by atoms with E-state index in [-0.39, 0.29) is 16.2 Å². The zero-order valence-corrected chi connectivity index (χ0v) is 21.7. The first-order chi connectivity index (χ1) is 14.9. The second-order valence-electron chi connectivity index (χ2n) is 14.4. The van der Waals surface area contributed by atoms with Crippen LogP contribution in [0.15, 0.2) is 12.2 Å². The Balaban J connectivity index is 1.56. The minimum Gasteiger partial charge on any atom is -0.396 e. The molecule has 5 rings (SSSR count). The molecular formula is C30H48O2. The fourth-order valence-corrected chi connectivity index (χ4v) is 11.4. The highest BCUT2D eigenvalue weighted by Crippen LogP contribution is 2.77. The van der Waals surface area contributed by atoms with Crippen molar-refractivity contribution in [2.24, 2.45) is 56.7 Å². The van der Waals surface area contributed by atoms with Crippen molar-refractivity contribution in [3.05, 3.63) is 12.2 Å². The number of ketones is 1. The second-order valence-corrected chi connectivity index (χ2v) is 14.4. The van der Waals surface area contributed by atoms with Crippen molar-refractivity contribution in [3.8, 4) is 0 Å². The van der Waals surface area contributed by atoms with Gasteiger partial charge in [0.2, 0.25) is 0 Å². The predicted octanol–water partition coefficient (Wildman–Crippen LogP) is 7.21. The largest absolute Gasteiger partial charge is 0.396 e. The topological polar surface area (TPSA) is 37.3 Å². The second kappa shape index (κ2) is 6.96. The molecule has 5 fully saturated rings. The van der Waals surface area contributed by atoms with E-state index < -0.39 is 0 Å². The Hall–Kier alpha value is -0.630. The Morgan fingerprint density at radius 1 is 0.906 bits per heavy atom. The fourth-order valence-electron chi connectivity index (χ4n) is 11.4. The van der Waals surface area contributed by atoms with Crippen LogP contribution in [0.5, 0.6) is 0 Å². The first kappa shape index (κ1) is 23.1. The number of allylic oxidation sites excluding steroid dienone is 1. The molecule has 5 aliphatic carbocycles. The molecule has 0 bridgehead atoms. The summed E-state index contributed by atoms with van der Waals surface area (Å²) in [5.41, 5.74) is 2.27. The van der Waals surface area contributed by atoms with Crippen LogP contribution in [0.2, 0.25) is 0 Å². The zero-order valence-electron chi connectivity index (χ0n) is 21.7. The zero-order chi connectivity index (χ0) is 23.3. The van der Waals surface area contributed by atoms with Gasteiger partial charge in [0.15, 0.2) is 0 Å². The van der Waals surface area contributed by atoms with E-state index in [0.29, 0.717) is 52.8 Å². The fraction of sp³-hybridized carbons (Fsp3) is 0.900. The summed E-state index contributed by atoms with van der Waals surface area (Å²) in [4.78, 5) is 12.9. The number of aliphatic hydroxyl groups excluding tert-OH is 1. The number of Topliss-reactive ketones (excluding diaryl/α,β-unsaturated/α-hetero) is 1. The molecule has 5 aliphatic rings. The molecule has 9 atom stereocenters. The molecule has 0 aromatic rings. The molecule has 5 saturated carbocycles. The lowest BCUT2D eigenvalue weighted by molar-refractivity contribution is -0.236. The van der Waals surface area contributed by atoms with E-state index in [1.165, 1.54) is 56.9 Å². The van der Waals surface area contributed by atoms with Gasteiger partial charge in [-0.3, -0.25) is 4.79 Å². The van der Waals surface area contributed by atoms with E-state index in [4.69, 9.17) is 0 Å². The Labute approximate surface area is 197 Å². The number of hydrogen-bond acceptors (Lipinski definition) is 2. The van der Waals surface area contributed by atoms with Crippen molar-refractivity contribution in [2.75, 3.05) is 6.61 Å². The molecule has 0 saturated heterocycles. The van der Waals surface area contributed by atoms with Gasteiger partial charge in [-0.2, -0.15) is 0 Å². The lowest BCUT2D eigenvalue weighted by Crippen LogP contribution is -2.66. The summed E-state index contributed by atoms with van der Waals surface area (Å²) in [6, 6.07) is 0. The third-order valence-corrected chi connectivity index (χ3v) is 13.3. The lowest BCUT2D eigenvalue weighted by Gasteiger charge is -2.72. The third kappa shape index (κ3) is 2.60. The quantitative estimate of drug-likeness (QED) is 0.461. The molecule has 0 unspecified atom stereocenters. The number of aliphatic hydroxyl groups is 1. The minimum absolute atomic E-state index is 0.136. The van der Waals surface area contributed by atoms with Gasteiger partial charge in [0.05, 0.1) is 0 Å². The van der Waals surface area contributed by atoms with Crippen LogP contribution in [0.4, 0.5) is 0 Å². The predicted molar refractivity (Wildman–Crippen MR) is 131 cm³/mol. The van der Waals surface area contributed by atoms with Crippen LogP contribution in [0, 0.1) is 56.7 Å². The highest BCUT2D eigenvalue weighted by Gasteiger charge is 2.70. The molecule has 0 aromatic carbocycles. The van der Waals surface area contributed by atoms with E-state index in [1.54, 1.807) is 0 Å². The Kier molecular flexibility index (Phi) is 5.03. The molecule has 1 N–H and O–H groups in total. The summed E-state index contributed by atoms with van der Waals surface area (Å²) in [5, 5.41) is 10.6. The summed E-state index contributed by atoms with van der Waals surface area (Å²) >= 11 is 0. The van der Waals surface area contributed by atoms with Gasteiger partial charge in [0.1, 0.15) is 5.78 Å². The molecule has 0 heterocycles. The number of carbonyl (C=O) groups is 1. The maximum Gasteiger partial charge on any atom is 0.138 e. The van der Waals surface area contributed by atoms with Crippen molar-refractivity contribution in [1.82, 2.24) is 0 Å². The van der Waals surface area contributed by atoms with E-state index in [0.717, 1.165) is 12.8 Å². The molecule has 2 nitrogen and oxygen atoms in total. The number of rotatable bonds is 2. The monoisotopic (exact) mass is 440 g/mol.